The Morgan fingerprint density at radius 2 is 1.86 bits per heavy atom. The minimum atomic E-state index is -3.78. The van der Waals surface area contributed by atoms with Crippen LogP contribution in [0.15, 0.2) is 53.4 Å². The predicted octanol–water partition coefficient (Wildman–Crippen LogP) is 2.03. The van der Waals surface area contributed by atoms with Gasteiger partial charge in [0.1, 0.15) is 5.75 Å². The number of para-hydroxylation sites is 2. The molecule has 2 N–H and O–H groups in total. The van der Waals surface area contributed by atoms with Gasteiger partial charge in [0.25, 0.3) is 15.9 Å². The Kier molecular flexibility index (Phi) is 7.29. The van der Waals surface area contributed by atoms with Crippen LogP contribution in [0, 0.1) is 0 Å². The number of amides is 1. The first-order valence-electron chi connectivity index (χ1n) is 8.67. The van der Waals surface area contributed by atoms with E-state index >= 15 is 0 Å². The second-order valence-corrected chi connectivity index (χ2v) is 8.30. The molecule has 1 aliphatic rings. The van der Waals surface area contributed by atoms with Gasteiger partial charge in [-0.2, -0.15) is 0 Å². The fourth-order valence-corrected chi connectivity index (χ4v) is 4.21. The zero-order valence-electron chi connectivity index (χ0n) is 15.7. The van der Waals surface area contributed by atoms with E-state index in [1.165, 1.54) is 42.7 Å². The van der Waals surface area contributed by atoms with E-state index in [0.29, 0.717) is 17.0 Å². The average molecular weight is 426 g/mol. The van der Waals surface area contributed by atoms with E-state index < -0.39 is 10.0 Å². The molecular weight excluding hydrogens is 402 g/mol. The van der Waals surface area contributed by atoms with Gasteiger partial charge in [-0.3, -0.25) is 9.10 Å². The third kappa shape index (κ3) is 4.57. The molecule has 0 radical (unpaired) electrons. The Morgan fingerprint density at radius 1 is 1.18 bits per heavy atom. The number of nitrogens with zero attached hydrogens (tertiary/aromatic N) is 1. The largest absolute Gasteiger partial charge is 0.495 e. The lowest BCUT2D eigenvalue weighted by Gasteiger charge is -2.21. The minimum absolute atomic E-state index is 0. The maximum absolute atomic E-state index is 12.9. The number of benzene rings is 2. The van der Waals surface area contributed by atoms with Crippen LogP contribution in [0.5, 0.6) is 5.75 Å². The molecule has 2 aromatic rings. The van der Waals surface area contributed by atoms with Gasteiger partial charge in [0.15, 0.2) is 0 Å². The third-order valence-corrected chi connectivity index (χ3v) is 6.38. The van der Waals surface area contributed by atoms with Crippen LogP contribution in [0.25, 0.3) is 0 Å². The lowest BCUT2D eigenvalue weighted by molar-refractivity contribution is 0.0940. The zero-order valence-corrected chi connectivity index (χ0v) is 17.3. The Balaban J connectivity index is 0.00000280. The Labute approximate surface area is 171 Å². The normalized spacial score (nSPS) is 16.1. The minimum Gasteiger partial charge on any atom is -0.495 e. The SMILES string of the molecule is COc1ccccc1N(C)S(=O)(=O)c1ccc(C(=O)NC2CCNC2)cc1.Cl. The molecule has 1 saturated heterocycles. The van der Waals surface area contributed by atoms with E-state index in [1.807, 2.05) is 0 Å². The summed E-state index contributed by atoms with van der Waals surface area (Å²) in [5.41, 5.74) is 0.872. The van der Waals surface area contributed by atoms with Gasteiger partial charge in [-0.25, -0.2) is 8.42 Å². The Bertz CT molecular complexity index is 913. The number of rotatable bonds is 6. The maximum atomic E-state index is 12.9. The number of sulfonamides is 1. The number of hydrogen-bond donors (Lipinski definition) is 2. The second kappa shape index (κ2) is 9.27. The molecule has 0 bridgehead atoms. The van der Waals surface area contributed by atoms with Crippen molar-refractivity contribution in [2.24, 2.45) is 0 Å². The monoisotopic (exact) mass is 425 g/mol. The number of ether oxygens (including phenoxy) is 1. The van der Waals surface area contributed by atoms with Crippen LogP contribution in [0.4, 0.5) is 5.69 Å². The third-order valence-electron chi connectivity index (χ3n) is 4.59. The number of carbonyl (C=O) groups is 1. The molecule has 1 heterocycles. The van der Waals surface area contributed by atoms with Crippen molar-refractivity contribution in [3.8, 4) is 5.75 Å². The fraction of sp³-hybridized carbons (Fsp3) is 0.316. The van der Waals surface area contributed by atoms with Gasteiger partial charge in [-0.1, -0.05) is 12.1 Å². The van der Waals surface area contributed by atoms with E-state index in [4.69, 9.17) is 4.74 Å². The summed E-state index contributed by atoms with van der Waals surface area (Å²) in [6.45, 7) is 1.64. The topological polar surface area (TPSA) is 87.7 Å². The molecule has 1 atom stereocenters. The fourth-order valence-electron chi connectivity index (χ4n) is 3.00. The van der Waals surface area contributed by atoms with Crippen LogP contribution in [0.1, 0.15) is 16.8 Å². The summed E-state index contributed by atoms with van der Waals surface area (Å²) in [6, 6.07) is 13.0. The Hall–Kier alpha value is -2.29. The van der Waals surface area contributed by atoms with Crippen molar-refractivity contribution < 1.29 is 17.9 Å². The van der Waals surface area contributed by atoms with Crippen LogP contribution >= 0.6 is 12.4 Å². The lowest BCUT2D eigenvalue weighted by atomic mass is 10.2. The Morgan fingerprint density at radius 3 is 2.46 bits per heavy atom. The van der Waals surface area contributed by atoms with E-state index in [2.05, 4.69) is 10.6 Å². The molecule has 1 aliphatic heterocycles. The van der Waals surface area contributed by atoms with Crippen LogP contribution in [0.2, 0.25) is 0 Å². The molecule has 9 heteroatoms. The van der Waals surface area contributed by atoms with Crippen molar-refractivity contribution in [3.05, 3.63) is 54.1 Å². The van der Waals surface area contributed by atoms with Crippen molar-refractivity contribution >= 4 is 34.0 Å². The molecule has 1 unspecified atom stereocenters. The molecule has 0 saturated carbocycles. The van der Waals surface area contributed by atoms with Gasteiger partial charge < -0.3 is 15.4 Å². The molecule has 1 amide bonds. The van der Waals surface area contributed by atoms with E-state index in [0.717, 1.165) is 19.5 Å². The van der Waals surface area contributed by atoms with Crippen molar-refractivity contribution in [1.82, 2.24) is 10.6 Å². The van der Waals surface area contributed by atoms with Gasteiger partial charge in [-0.05, 0) is 49.4 Å². The summed E-state index contributed by atoms with van der Waals surface area (Å²) in [5.74, 6) is 0.260. The first-order chi connectivity index (χ1) is 12.9. The maximum Gasteiger partial charge on any atom is 0.264 e. The summed E-state index contributed by atoms with van der Waals surface area (Å²) in [7, 11) is -0.812. The standard InChI is InChI=1S/C19H23N3O4S.ClH/c1-22(17-5-3-4-6-18(17)26-2)27(24,25)16-9-7-14(8-10-16)19(23)21-15-11-12-20-13-15;/h3-10,15,20H,11-13H2,1-2H3,(H,21,23);1H. The average Bonchev–Trinajstić information content (AvgIpc) is 3.20. The molecular formula is C19H24ClN3O4S. The highest BCUT2D eigenvalue weighted by Crippen LogP contribution is 2.30. The van der Waals surface area contributed by atoms with Crippen molar-refractivity contribution in [3.63, 3.8) is 0 Å². The van der Waals surface area contributed by atoms with E-state index in [-0.39, 0.29) is 29.3 Å². The number of halogens is 1. The van der Waals surface area contributed by atoms with Gasteiger partial charge in [0.05, 0.1) is 17.7 Å². The van der Waals surface area contributed by atoms with Crippen molar-refractivity contribution in [2.75, 3.05) is 31.6 Å². The quantitative estimate of drug-likeness (QED) is 0.739. The molecule has 2 aromatic carbocycles. The summed E-state index contributed by atoms with van der Waals surface area (Å²) >= 11 is 0. The smallest absolute Gasteiger partial charge is 0.264 e. The number of nitrogens with one attached hydrogen (secondary N) is 2. The zero-order chi connectivity index (χ0) is 19.4. The number of hydrogen-bond acceptors (Lipinski definition) is 5. The highest BCUT2D eigenvalue weighted by molar-refractivity contribution is 7.92. The molecule has 28 heavy (non-hydrogen) atoms. The highest BCUT2D eigenvalue weighted by atomic mass is 35.5. The van der Waals surface area contributed by atoms with Crippen LogP contribution in [0.3, 0.4) is 0 Å². The van der Waals surface area contributed by atoms with E-state index in [9.17, 15) is 13.2 Å². The summed E-state index contributed by atoms with van der Waals surface area (Å²) in [5, 5.41) is 6.12. The van der Waals surface area contributed by atoms with Crippen LogP contribution in [-0.2, 0) is 10.0 Å². The molecule has 0 aliphatic carbocycles. The molecule has 0 aromatic heterocycles. The molecule has 3 rings (SSSR count). The lowest BCUT2D eigenvalue weighted by Crippen LogP contribution is -2.36. The van der Waals surface area contributed by atoms with E-state index in [1.54, 1.807) is 24.3 Å². The van der Waals surface area contributed by atoms with Crippen LogP contribution in [-0.4, -0.2) is 47.6 Å². The number of methoxy groups -OCH3 is 1. The number of anilines is 1. The molecule has 7 nitrogen and oxygen atoms in total. The first kappa shape index (κ1) is 22.0. The number of carbonyl (C=O) groups excluding carboxylic acids is 1. The van der Waals surface area contributed by atoms with Crippen molar-refractivity contribution in [2.45, 2.75) is 17.4 Å². The molecule has 152 valence electrons. The highest BCUT2D eigenvalue weighted by Gasteiger charge is 2.24. The summed E-state index contributed by atoms with van der Waals surface area (Å²) < 4.78 is 32.3. The van der Waals surface area contributed by atoms with Gasteiger partial charge in [0.2, 0.25) is 0 Å². The van der Waals surface area contributed by atoms with Gasteiger partial charge in [-0.15, -0.1) is 12.4 Å². The predicted molar refractivity (Wildman–Crippen MR) is 111 cm³/mol. The van der Waals surface area contributed by atoms with Crippen LogP contribution < -0.4 is 19.7 Å². The molecule has 1 fully saturated rings. The summed E-state index contributed by atoms with van der Waals surface area (Å²) in [6.07, 6.45) is 0.891. The first-order valence-corrected chi connectivity index (χ1v) is 10.1. The van der Waals surface area contributed by atoms with Crippen molar-refractivity contribution in [1.29, 1.82) is 0 Å². The molecule has 0 spiro atoms. The van der Waals surface area contributed by atoms with Gasteiger partial charge in [0, 0.05) is 25.2 Å². The second-order valence-electron chi connectivity index (χ2n) is 6.33. The van der Waals surface area contributed by atoms with Gasteiger partial charge >= 0.3 is 0 Å². The summed E-state index contributed by atoms with van der Waals surface area (Å²) in [4.78, 5) is 12.4.